The van der Waals surface area contributed by atoms with Gasteiger partial charge < -0.3 is 10.2 Å². The molecule has 0 aromatic carbocycles. The van der Waals surface area contributed by atoms with Crippen molar-refractivity contribution in [2.75, 3.05) is 13.1 Å². The molecule has 92 valence electrons. The first kappa shape index (κ1) is 12.0. The Morgan fingerprint density at radius 2 is 2.18 bits per heavy atom. The second kappa shape index (κ2) is 5.22. The molecule has 4 nitrogen and oxygen atoms in total. The predicted octanol–water partition coefficient (Wildman–Crippen LogP) is 0.527. The van der Waals surface area contributed by atoms with Gasteiger partial charge in [0.15, 0.2) is 0 Å². The largest absolute Gasteiger partial charge is 0.344 e. The lowest BCUT2D eigenvalue weighted by Gasteiger charge is -2.23. The molecule has 1 atom stereocenters. The van der Waals surface area contributed by atoms with Crippen molar-refractivity contribution in [1.82, 2.24) is 10.2 Å². The number of rotatable bonds is 3. The molecule has 1 saturated heterocycles. The number of nitrogens with zero attached hydrogens (tertiary/aromatic N) is 1. The van der Waals surface area contributed by atoms with Crippen molar-refractivity contribution in [2.45, 2.75) is 38.6 Å². The second-order valence-electron chi connectivity index (χ2n) is 4.63. The van der Waals surface area contributed by atoms with Gasteiger partial charge in [-0.25, -0.2) is 0 Å². The minimum atomic E-state index is -0.278. The average Bonchev–Trinajstić information content (AvgIpc) is 3.13. The van der Waals surface area contributed by atoms with Gasteiger partial charge in [-0.2, -0.15) is 0 Å². The van der Waals surface area contributed by atoms with Crippen molar-refractivity contribution < 1.29 is 9.59 Å². The van der Waals surface area contributed by atoms with Crippen LogP contribution in [0, 0.1) is 17.8 Å². The molecule has 2 rings (SSSR count). The Hall–Kier alpha value is -1.50. The normalized spacial score (nSPS) is 24.8. The summed E-state index contributed by atoms with van der Waals surface area (Å²) in [6, 6.07) is -0.278. The highest BCUT2D eigenvalue weighted by Crippen LogP contribution is 2.34. The van der Waals surface area contributed by atoms with E-state index in [0.29, 0.717) is 31.8 Å². The third-order valence-corrected chi connectivity index (χ3v) is 3.28. The van der Waals surface area contributed by atoms with Gasteiger partial charge in [-0.15, -0.1) is 11.8 Å². The molecule has 1 aliphatic heterocycles. The molecule has 17 heavy (non-hydrogen) atoms. The summed E-state index contributed by atoms with van der Waals surface area (Å²) in [6.45, 7) is 2.96. The Morgan fingerprint density at radius 1 is 1.41 bits per heavy atom. The van der Waals surface area contributed by atoms with E-state index < -0.39 is 0 Å². The monoisotopic (exact) mass is 234 g/mol. The topological polar surface area (TPSA) is 49.4 Å². The summed E-state index contributed by atoms with van der Waals surface area (Å²) >= 11 is 0. The first-order valence-electron chi connectivity index (χ1n) is 6.20. The summed E-state index contributed by atoms with van der Waals surface area (Å²) < 4.78 is 0. The minimum Gasteiger partial charge on any atom is -0.344 e. The molecule has 1 aliphatic carbocycles. The van der Waals surface area contributed by atoms with Crippen LogP contribution in [0.3, 0.4) is 0 Å². The van der Waals surface area contributed by atoms with Gasteiger partial charge in [0.25, 0.3) is 0 Å². The van der Waals surface area contributed by atoms with Gasteiger partial charge in [0, 0.05) is 25.9 Å². The summed E-state index contributed by atoms with van der Waals surface area (Å²) in [5.41, 5.74) is 0. The van der Waals surface area contributed by atoms with Crippen LogP contribution in [0.5, 0.6) is 0 Å². The maximum atomic E-state index is 12.2. The van der Waals surface area contributed by atoms with Crippen LogP contribution >= 0.6 is 0 Å². The minimum absolute atomic E-state index is 0.000624. The molecule has 1 heterocycles. The molecule has 1 unspecified atom stereocenters. The summed E-state index contributed by atoms with van der Waals surface area (Å²) in [5, 5.41) is 2.84. The fourth-order valence-corrected chi connectivity index (χ4v) is 2.14. The highest BCUT2D eigenvalue weighted by Gasteiger charge is 2.40. The Labute approximate surface area is 102 Å². The van der Waals surface area contributed by atoms with Crippen LogP contribution in [0.2, 0.25) is 0 Å². The lowest BCUT2D eigenvalue weighted by atomic mass is 10.1. The number of hydrogen-bond donors (Lipinski definition) is 1. The van der Waals surface area contributed by atoms with Gasteiger partial charge in [-0.1, -0.05) is 0 Å². The lowest BCUT2D eigenvalue weighted by molar-refractivity contribution is -0.134. The third kappa shape index (κ3) is 3.00. The smallest absolute Gasteiger partial charge is 0.245 e. The van der Waals surface area contributed by atoms with Crippen LogP contribution in [0.1, 0.15) is 32.6 Å². The number of carbonyl (C=O) groups is 2. The van der Waals surface area contributed by atoms with Gasteiger partial charge in [0.1, 0.15) is 6.04 Å². The van der Waals surface area contributed by atoms with Crippen LogP contribution in [0.25, 0.3) is 0 Å². The number of nitrogens with one attached hydrogen (secondary N) is 1. The maximum absolute atomic E-state index is 12.2. The van der Waals surface area contributed by atoms with Crippen molar-refractivity contribution in [1.29, 1.82) is 0 Å². The Bertz CT molecular complexity index is 377. The first-order chi connectivity index (χ1) is 8.22. The van der Waals surface area contributed by atoms with Crippen molar-refractivity contribution in [3.63, 3.8) is 0 Å². The van der Waals surface area contributed by atoms with E-state index in [-0.39, 0.29) is 17.9 Å². The van der Waals surface area contributed by atoms with Gasteiger partial charge in [0.2, 0.25) is 11.8 Å². The zero-order chi connectivity index (χ0) is 12.3. The summed E-state index contributed by atoms with van der Waals surface area (Å²) in [7, 11) is 0. The van der Waals surface area contributed by atoms with Gasteiger partial charge in [0.05, 0.1) is 0 Å². The third-order valence-electron chi connectivity index (χ3n) is 3.28. The summed E-state index contributed by atoms with van der Waals surface area (Å²) in [5.74, 6) is 6.22. The van der Waals surface area contributed by atoms with E-state index in [0.717, 1.165) is 12.8 Å². The molecule has 0 aromatic heterocycles. The van der Waals surface area contributed by atoms with E-state index in [2.05, 4.69) is 17.2 Å². The van der Waals surface area contributed by atoms with E-state index in [1.807, 2.05) is 0 Å². The highest BCUT2D eigenvalue weighted by atomic mass is 16.2. The first-order valence-corrected chi connectivity index (χ1v) is 6.20. The fraction of sp³-hybridized carbons (Fsp3) is 0.692. The molecule has 2 aliphatic rings. The van der Waals surface area contributed by atoms with E-state index >= 15 is 0 Å². The summed E-state index contributed by atoms with van der Waals surface area (Å²) in [4.78, 5) is 25.5. The van der Waals surface area contributed by atoms with Crippen LogP contribution < -0.4 is 5.32 Å². The Balaban J connectivity index is 2.00. The van der Waals surface area contributed by atoms with E-state index in [4.69, 9.17) is 0 Å². The van der Waals surface area contributed by atoms with Crippen molar-refractivity contribution in [3.8, 4) is 11.8 Å². The molecule has 2 amide bonds. The molecule has 1 N–H and O–H groups in total. The van der Waals surface area contributed by atoms with Crippen molar-refractivity contribution in [2.24, 2.45) is 5.92 Å². The molecule has 0 bridgehead atoms. The SMILES string of the molecule is CC#CCCN1CCC(=O)NC(C2CC2)C1=O. The van der Waals surface area contributed by atoms with Crippen LogP contribution in [-0.2, 0) is 9.59 Å². The quantitative estimate of drug-likeness (QED) is 0.724. The maximum Gasteiger partial charge on any atom is 0.245 e. The Morgan fingerprint density at radius 3 is 2.82 bits per heavy atom. The van der Waals surface area contributed by atoms with Gasteiger partial charge in [-0.3, -0.25) is 9.59 Å². The standard InChI is InChI=1S/C13H18N2O2/c1-2-3-4-8-15-9-7-11(16)14-12(13(15)17)10-5-6-10/h10,12H,4-9H2,1H3,(H,14,16). The molecule has 0 spiro atoms. The number of amides is 2. The Kier molecular flexibility index (Phi) is 3.68. The van der Waals surface area contributed by atoms with Crippen molar-refractivity contribution >= 4 is 11.8 Å². The zero-order valence-electron chi connectivity index (χ0n) is 10.2. The van der Waals surface area contributed by atoms with Gasteiger partial charge in [-0.05, 0) is 25.7 Å². The molecule has 0 radical (unpaired) electrons. The van der Waals surface area contributed by atoms with Crippen LogP contribution in [0.4, 0.5) is 0 Å². The average molecular weight is 234 g/mol. The molecular formula is C13H18N2O2. The summed E-state index contributed by atoms with van der Waals surface area (Å²) in [6.07, 6.45) is 3.21. The highest BCUT2D eigenvalue weighted by molar-refractivity contribution is 5.90. The molecule has 1 saturated carbocycles. The molecule has 4 heteroatoms. The fourth-order valence-electron chi connectivity index (χ4n) is 2.14. The molecule has 2 fully saturated rings. The van der Waals surface area contributed by atoms with Crippen molar-refractivity contribution in [3.05, 3.63) is 0 Å². The number of carbonyl (C=O) groups excluding carboxylic acids is 2. The predicted molar refractivity (Wildman–Crippen MR) is 63.9 cm³/mol. The van der Waals surface area contributed by atoms with E-state index in [1.54, 1.807) is 11.8 Å². The van der Waals surface area contributed by atoms with E-state index in [1.165, 1.54) is 0 Å². The molecular weight excluding hydrogens is 216 g/mol. The zero-order valence-corrected chi connectivity index (χ0v) is 10.2. The lowest BCUT2D eigenvalue weighted by Crippen LogP contribution is -2.46. The van der Waals surface area contributed by atoms with Crippen LogP contribution in [0.15, 0.2) is 0 Å². The number of hydrogen-bond acceptors (Lipinski definition) is 2. The van der Waals surface area contributed by atoms with E-state index in [9.17, 15) is 9.59 Å². The molecule has 0 aromatic rings. The van der Waals surface area contributed by atoms with Crippen LogP contribution in [-0.4, -0.2) is 35.8 Å². The van der Waals surface area contributed by atoms with Gasteiger partial charge >= 0.3 is 0 Å². The second-order valence-corrected chi connectivity index (χ2v) is 4.63.